The molecule has 0 aromatic heterocycles. The molecular weight excluding hydrogens is 200 g/mol. The number of ether oxygens (including phenoxy) is 3. The summed E-state index contributed by atoms with van der Waals surface area (Å²) < 4.78 is 15.2. The van der Waals surface area contributed by atoms with E-state index in [1.165, 1.54) is 13.8 Å². The van der Waals surface area contributed by atoms with E-state index >= 15 is 0 Å². The van der Waals surface area contributed by atoms with Gasteiger partial charge in [0.2, 0.25) is 0 Å². The van der Waals surface area contributed by atoms with Gasteiger partial charge in [0.05, 0.1) is 12.7 Å². The Balaban J connectivity index is 2.18. The first-order chi connectivity index (χ1) is 7.08. The molecule has 0 aromatic rings. The summed E-state index contributed by atoms with van der Waals surface area (Å²) in [6, 6.07) is 0. The summed E-state index contributed by atoms with van der Waals surface area (Å²) in [6.45, 7) is 3.41. The Morgan fingerprint density at radius 1 is 1.27 bits per heavy atom. The molecule has 0 radical (unpaired) electrons. The van der Waals surface area contributed by atoms with Gasteiger partial charge in [-0.2, -0.15) is 0 Å². The SMILES string of the molecule is CC(=O)OC[C@@H]1CC[C@H](OC(C)=O)CO1. The van der Waals surface area contributed by atoms with Crippen LogP contribution in [-0.4, -0.2) is 37.4 Å². The van der Waals surface area contributed by atoms with Crippen LogP contribution in [0.25, 0.3) is 0 Å². The highest BCUT2D eigenvalue weighted by Gasteiger charge is 2.24. The monoisotopic (exact) mass is 216 g/mol. The van der Waals surface area contributed by atoms with Crippen LogP contribution in [0.2, 0.25) is 0 Å². The highest BCUT2D eigenvalue weighted by molar-refractivity contribution is 5.66. The summed E-state index contributed by atoms with van der Waals surface area (Å²) in [5.41, 5.74) is 0. The fraction of sp³-hybridized carbons (Fsp3) is 0.800. The van der Waals surface area contributed by atoms with E-state index in [1.807, 2.05) is 0 Å². The van der Waals surface area contributed by atoms with Crippen molar-refractivity contribution in [2.24, 2.45) is 0 Å². The molecule has 0 amide bonds. The summed E-state index contributed by atoms with van der Waals surface area (Å²) in [5.74, 6) is -0.595. The number of rotatable bonds is 3. The summed E-state index contributed by atoms with van der Waals surface area (Å²) in [7, 11) is 0. The molecule has 5 heteroatoms. The molecule has 1 aliphatic heterocycles. The van der Waals surface area contributed by atoms with E-state index in [0.717, 1.165) is 12.8 Å². The molecule has 0 aliphatic carbocycles. The highest BCUT2D eigenvalue weighted by atomic mass is 16.6. The molecule has 0 saturated carbocycles. The van der Waals surface area contributed by atoms with E-state index in [1.54, 1.807) is 0 Å². The smallest absolute Gasteiger partial charge is 0.302 e. The second-order valence-electron chi connectivity index (χ2n) is 3.57. The van der Waals surface area contributed by atoms with E-state index in [-0.39, 0.29) is 30.8 Å². The third-order valence-corrected chi connectivity index (χ3v) is 2.13. The van der Waals surface area contributed by atoms with Crippen LogP contribution in [0.15, 0.2) is 0 Å². The minimum atomic E-state index is -0.305. The van der Waals surface area contributed by atoms with Gasteiger partial charge >= 0.3 is 11.9 Å². The number of esters is 2. The van der Waals surface area contributed by atoms with Crippen LogP contribution in [0.4, 0.5) is 0 Å². The maximum Gasteiger partial charge on any atom is 0.302 e. The Hall–Kier alpha value is -1.10. The lowest BCUT2D eigenvalue weighted by molar-refractivity contribution is -0.160. The zero-order valence-corrected chi connectivity index (χ0v) is 9.02. The van der Waals surface area contributed by atoms with Gasteiger partial charge in [-0.3, -0.25) is 9.59 Å². The summed E-state index contributed by atoms with van der Waals surface area (Å²) >= 11 is 0. The molecule has 1 heterocycles. The molecule has 0 spiro atoms. The van der Waals surface area contributed by atoms with Crippen molar-refractivity contribution < 1.29 is 23.8 Å². The van der Waals surface area contributed by atoms with Crippen molar-refractivity contribution in [1.82, 2.24) is 0 Å². The molecule has 0 bridgehead atoms. The van der Waals surface area contributed by atoms with Crippen LogP contribution >= 0.6 is 0 Å². The Kier molecular flexibility index (Phi) is 4.55. The van der Waals surface area contributed by atoms with Crippen molar-refractivity contribution in [2.75, 3.05) is 13.2 Å². The molecule has 2 atom stereocenters. The van der Waals surface area contributed by atoms with Gasteiger partial charge in [0.25, 0.3) is 0 Å². The van der Waals surface area contributed by atoms with Crippen LogP contribution in [0.1, 0.15) is 26.7 Å². The Morgan fingerprint density at radius 2 is 2.00 bits per heavy atom. The predicted octanol–water partition coefficient (Wildman–Crippen LogP) is 0.660. The van der Waals surface area contributed by atoms with Gasteiger partial charge in [-0.1, -0.05) is 0 Å². The first-order valence-electron chi connectivity index (χ1n) is 5.00. The topological polar surface area (TPSA) is 61.8 Å². The number of hydrogen-bond acceptors (Lipinski definition) is 5. The number of carbonyl (C=O) groups is 2. The van der Waals surface area contributed by atoms with Gasteiger partial charge in [-0.05, 0) is 12.8 Å². The van der Waals surface area contributed by atoms with Gasteiger partial charge in [0, 0.05) is 13.8 Å². The maximum atomic E-state index is 10.7. The van der Waals surface area contributed by atoms with E-state index in [4.69, 9.17) is 14.2 Å². The molecule has 1 fully saturated rings. The van der Waals surface area contributed by atoms with Crippen molar-refractivity contribution in [3.63, 3.8) is 0 Å². The fourth-order valence-electron chi connectivity index (χ4n) is 1.45. The average Bonchev–Trinajstić information content (AvgIpc) is 2.16. The zero-order valence-electron chi connectivity index (χ0n) is 9.02. The Bertz CT molecular complexity index is 230. The lowest BCUT2D eigenvalue weighted by Crippen LogP contribution is -2.35. The molecule has 0 aromatic carbocycles. The van der Waals surface area contributed by atoms with E-state index in [0.29, 0.717) is 6.61 Å². The summed E-state index contributed by atoms with van der Waals surface area (Å²) in [4.78, 5) is 21.2. The number of carbonyl (C=O) groups excluding carboxylic acids is 2. The molecular formula is C10H16O5. The largest absolute Gasteiger partial charge is 0.463 e. The van der Waals surface area contributed by atoms with Gasteiger partial charge < -0.3 is 14.2 Å². The van der Waals surface area contributed by atoms with Gasteiger partial charge in [0.15, 0.2) is 0 Å². The third-order valence-electron chi connectivity index (χ3n) is 2.13. The van der Waals surface area contributed by atoms with Crippen molar-refractivity contribution in [1.29, 1.82) is 0 Å². The zero-order chi connectivity index (χ0) is 11.3. The minimum Gasteiger partial charge on any atom is -0.463 e. The van der Waals surface area contributed by atoms with Crippen molar-refractivity contribution >= 4 is 11.9 Å². The minimum absolute atomic E-state index is 0.0688. The normalized spacial score (nSPS) is 25.7. The quantitative estimate of drug-likeness (QED) is 0.648. The van der Waals surface area contributed by atoms with Gasteiger partial charge in [0.1, 0.15) is 12.7 Å². The molecule has 15 heavy (non-hydrogen) atoms. The first-order valence-corrected chi connectivity index (χ1v) is 5.00. The lowest BCUT2D eigenvalue weighted by Gasteiger charge is -2.28. The van der Waals surface area contributed by atoms with E-state index in [2.05, 4.69) is 0 Å². The fourth-order valence-corrected chi connectivity index (χ4v) is 1.45. The summed E-state index contributed by atoms with van der Waals surface area (Å²) in [6.07, 6.45) is 1.27. The molecule has 0 unspecified atom stereocenters. The summed E-state index contributed by atoms with van der Waals surface area (Å²) in [5, 5.41) is 0. The molecule has 1 rings (SSSR count). The van der Waals surface area contributed by atoms with Crippen molar-refractivity contribution in [3.8, 4) is 0 Å². The standard InChI is InChI=1S/C10H16O5/c1-7(11)13-5-9-3-4-10(6-14-9)15-8(2)12/h9-10H,3-6H2,1-2H3/t9-,10-/m0/s1. The van der Waals surface area contributed by atoms with E-state index < -0.39 is 0 Å². The average molecular weight is 216 g/mol. The van der Waals surface area contributed by atoms with Crippen LogP contribution in [0, 0.1) is 0 Å². The Morgan fingerprint density at radius 3 is 2.47 bits per heavy atom. The second kappa shape index (κ2) is 5.70. The van der Waals surface area contributed by atoms with Crippen LogP contribution in [-0.2, 0) is 23.8 Å². The van der Waals surface area contributed by atoms with Crippen LogP contribution in [0.5, 0.6) is 0 Å². The second-order valence-corrected chi connectivity index (χ2v) is 3.57. The molecule has 5 nitrogen and oxygen atoms in total. The van der Waals surface area contributed by atoms with Gasteiger partial charge in [-0.15, -0.1) is 0 Å². The van der Waals surface area contributed by atoms with Crippen molar-refractivity contribution in [2.45, 2.75) is 38.9 Å². The Labute approximate surface area is 88.7 Å². The molecule has 0 N–H and O–H groups in total. The lowest BCUT2D eigenvalue weighted by atomic mass is 10.1. The number of hydrogen-bond donors (Lipinski definition) is 0. The molecule has 1 saturated heterocycles. The van der Waals surface area contributed by atoms with E-state index in [9.17, 15) is 9.59 Å². The molecule has 1 aliphatic rings. The highest BCUT2D eigenvalue weighted by Crippen LogP contribution is 2.16. The van der Waals surface area contributed by atoms with Crippen molar-refractivity contribution in [3.05, 3.63) is 0 Å². The first kappa shape index (κ1) is 12.0. The predicted molar refractivity (Wildman–Crippen MR) is 51.2 cm³/mol. The maximum absolute atomic E-state index is 10.7. The van der Waals surface area contributed by atoms with Crippen LogP contribution < -0.4 is 0 Å². The van der Waals surface area contributed by atoms with Gasteiger partial charge in [-0.25, -0.2) is 0 Å². The van der Waals surface area contributed by atoms with Crippen LogP contribution in [0.3, 0.4) is 0 Å². The molecule has 86 valence electrons. The third kappa shape index (κ3) is 4.78.